The standard InChI is InChI=1S/C11H14O2/c1-3-5-6-7-9-10(8-4-2)11(12)13/h1,4H,5-7,9H2,2H3,(H,12,13). The molecule has 0 radical (unpaired) electrons. The maximum Gasteiger partial charge on any atom is 0.339 e. The van der Waals surface area contributed by atoms with Gasteiger partial charge in [-0.1, -0.05) is 0 Å². The van der Waals surface area contributed by atoms with E-state index in [1.807, 2.05) is 0 Å². The number of rotatable bonds is 5. The number of carboxylic acids is 1. The van der Waals surface area contributed by atoms with Gasteiger partial charge in [-0.15, -0.1) is 18.1 Å². The monoisotopic (exact) mass is 178 g/mol. The van der Waals surface area contributed by atoms with Crippen molar-refractivity contribution in [3.8, 4) is 12.3 Å². The Hall–Kier alpha value is -1.45. The number of aliphatic carboxylic acids is 1. The second kappa shape index (κ2) is 7.21. The summed E-state index contributed by atoms with van der Waals surface area (Å²) >= 11 is 0. The van der Waals surface area contributed by atoms with Crippen molar-refractivity contribution in [3.63, 3.8) is 0 Å². The van der Waals surface area contributed by atoms with Gasteiger partial charge in [-0.25, -0.2) is 4.79 Å². The molecular weight excluding hydrogens is 164 g/mol. The molecule has 0 spiro atoms. The lowest BCUT2D eigenvalue weighted by Gasteiger charge is -1.97. The largest absolute Gasteiger partial charge is 0.477 e. The van der Waals surface area contributed by atoms with Crippen LogP contribution in [0.5, 0.6) is 0 Å². The van der Waals surface area contributed by atoms with Crippen molar-refractivity contribution < 1.29 is 9.90 Å². The fraction of sp³-hybridized carbons (Fsp3) is 0.455. The van der Waals surface area contributed by atoms with Gasteiger partial charge in [-0.3, -0.25) is 0 Å². The first-order chi connectivity index (χ1) is 6.22. The zero-order chi connectivity index (χ0) is 10.1. The second-order valence-electron chi connectivity index (χ2n) is 2.63. The Kier molecular flexibility index (Phi) is 6.41. The van der Waals surface area contributed by atoms with Crippen LogP contribution in [0.3, 0.4) is 0 Å². The summed E-state index contributed by atoms with van der Waals surface area (Å²) < 4.78 is 0. The van der Waals surface area contributed by atoms with Crippen molar-refractivity contribution in [3.05, 3.63) is 17.4 Å². The summed E-state index contributed by atoms with van der Waals surface area (Å²) in [5.41, 5.74) is 3.03. The second-order valence-corrected chi connectivity index (χ2v) is 2.63. The average molecular weight is 178 g/mol. The first-order valence-corrected chi connectivity index (χ1v) is 4.29. The van der Waals surface area contributed by atoms with Crippen LogP contribution in [0.1, 0.15) is 32.6 Å². The lowest BCUT2D eigenvalue weighted by atomic mass is 10.1. The van der Waals surface area contributed by atoms with Crippen molar-refractivity contribution in [2.45, 2.75) is 32.6 Å². The van der Waals surface area contributed by atoms with Gasteiger partial charge in [0, 0.05) is 6.42 Å². The van der Waals surface area contributed by atoms with Crippen LogP contribution in [0.2, 0.25) is 0 Å². The molecule has 0 rings (SSSR count). The van der Waals surface area contributed by atoms with Crippen LogP contribution in [0, 0.1) is 12.3 Å². The Labute approximate surface area is 79.0 Å². The highest BCUT2D eigenvalue weighted by Crippen LogP contribution is 2.07. The smallest absolute Gasteiger partial charge is 0.339 e. The lowest BCUT2D eigenvalue weighted by Crippen LogP contribution is -1.99. The zero-order valence-corrected chi connectivity index (χ0v) is 7.84. The predicted molar refractivity (Wildman–Crippen MR) is 52.2 cm³/mol. The molecule has 2 nitrogen and oxygen atoms in total. The number of carboxylic acid groups (broad SMARTS) is 1. The van der Waals surface area contributed by atoms with Gasteiger partial charge >= 0.3 is 5.97 Å². The molecule has 0 aliphatic carbocycles. The van der Waals surface area contributed by atoms with Crippen LogP contribution >= 0.6 is 0 Å². The van der Waals surface area contributed by atoms with Crippen LogP contribution < -0.4 is 0 Å². The third-order valence-electron chi connectivity index (χ3n) is 1.57. The number of unbranched alkanes of at least 4 members (excludes halogenated alkanes) is 2. The van der Waals surface area contributed by atoms with E-state index >= 15 is 0 Å². The van der Waals surface area contributed by atoms with Crippen LogP contribution in [-0.2, 0) is 4.79 Å². The highest BCUT2D eigenvalue weighted by Gasteiger charge is 2.04. The molecule has 0 amide bonds. The molecule has 70 valence electrons. The van der Waals surface area contributed by atoms with Gasteiger partial charge < -0.3 is 5.11 Å². The van der Waals surface area contributed by atoms with Crippen LogP contribution in [0.15, 0.2) is 17.4 Å². The van der Waals surface area contributed by atoms with Gasteiger partial charge in [0.1, 0.15) is 0 Å². The van der Waals surface area contributed by atoms with Crippen molar-refractivity contribution in [2.75, 3.05) is 0 Å². The molecule has 0 aromatic heterocycles. The molecule has 0 saturated carbocycles. The molecule has 0 aromatic carbocycles. The summed E-state index contributed by atoms with van der Waals surface area (Å²) in [7, 11) is 0. The number of hydrogen-bond donors (Lipinski definition) is 1. The van der Waals surface area contributed by atoms with Gasteiger partial charge in [0.2, 0.25) is 0 Å². The molecular formula is C11H14O2. The fourth-order valence-corrected chi connectivity index (χ4v) is 0.944. The number of terminal acetylenes is 1. The van der Waals surface area contributed by atoms with Crippen LogP contribution in [-0.4, -0.2) is 11.1 Å². The van der Waals surface area contributed by atoms with Crippen molar-refractivity contribution in [1.82, 2.24) is 0 Å². The number of carbonyl (C=O) groups is 1. The van der Waals surface area contributed by atoms with E-state index in [0.29, 0.717) is 18.4 Å². The Morgan fingerprint density at radius 2 is 2.23 bits per heavy atom. The van der Waals surface area contributed by atoms with E-state index in [2.05, 4.69) is 11.7 Å². The number of hydrogen-bond acceptors (Lipinski definition) is 1. The SMILES string of the molecule is C#CCCCCC(=C=CC)C(=O)O. The Balaban J connectivity index is 3.94. The lowest BCUT2D eigenvalue weighted by molar-refractivity contribution is -0.132. The molecule has 0 fully saturated rings. The highest BCUT2D eigenvalue weighted by atomic mass is 16.4. The maximum atomic E-state index is 10.6. The molecule has 0 aliphatic rings. The minimum atomic E-state index is -0.890. The van der Waals surface area contributed by atoms with E-state index in [1.54, 1.807) is 13.0 Å². The fourth-order valence-electron chi connectivity index (χ4n) is 0.944. The summed E-state index contributed by atoms with van der Waals surface area (Å²) in [4.78, 5) is 10.6. The quantitative estimate of drug-likeness (QED) is 0.304. The van der Waals surface area contributed by atoms with E-state index in [1.165, 1.54) is 0 Å². The third kappa shape index (κ3) is 5.78. The van der Waals surface area contributed by atoms with Crippen LogP contribution in [0.25, 0.3) is 0 Å². The third-order valence-corrected chi connectivity index (χ3v) is 1.57. The van der Waals surface area contributed by atoms with Gasteiger partial charge in [0.25, 0.3) is 0 Å². The molecule has 0 bridgehead atoms. The highest BCUT2D eigenvalue weighted by molar-refractivity contribution is 5.86. The Morgan fingerprint density at radius 1 is 1.54 bits per heavy atom. The maximum absolute atomic E-state index is 10.6. The summed E-state index contributed by atoms with van der Waals surface area (Å²) in [6, 6.07) is 0. The van der Waals surface area contributed by atoms with Gasteiger partial charge in [-0.05, 0) is 32.3 Å². The Bertz CT molecular complexity index is 262. The molecule has 0 saturated heterocycles. The summed E-state index contributed by atoms with van der Waals surface area (Å²) in [6.07, 6.45) is 9.62. The van der Waals surface area contributed by atoms with Crippen molar-refractivity contribution in [1.29, 1.82) is 0 Å². The summed E-state index contributed by atoms with van der Waals surface area (Å²) in [5.74, 6) is 1.63. The minimum absolute atomic E-state index is 0.333. The zero-order valence-electron chi connectivity index (χ0n) is 7.84. The normalized spacial score (nSPS) is 8.31. The first-order valence-electron chi connectivity index (χ1n) is 4.29. The minimum Gasteiger partial charge on any atom is -0.477 e. The molecule has 2 heteroatoms. The summed E-state index contributed by atoms with van der Waals surface area (Å²) in [6.45, 7) is 1.75. The molecule has 0 aromatic rings. The Morgan fingerprint density at radius 3 is 2.69 bits per heavy atom. The van der Waals surface area contributed by atoms with Gasteiger partial charge in [-0.2, -0.15) is 0 Å². The first kappa shape index (κ1) is 11.6. The predicted octanol–water partition coefficient (Wildman–Crippen LogP) is 2.37. The molecule has 0 unspecified atom stereocenters. The molecule has 0 aliphatic heterocycles. The molecule has 1 N–H and O–H groups in total. The van der Waals surface area contributed by atoms with Crippen molar-refractivity contribution >= 4 is 5.97 Å². The van der Waals surface area contributed by atoms with Crippen LogP contribution in [0.4, 0.5) is 0 Å². The van der Waals surface area contributed by atoms with E-state index in [9.17, 15) is 4.79 Å². The average Bonchev–Trinajstić information content (AvgIpc) is 2.10. The van der Waals surface area contributed by atoms with Gasteiger partial charge in [0.05, 0.1) is 5.57 Å². The van der Waals surface area contributed by atoms with E-state index < -0.39 is 5.97 Å². The topological polar surface area (TPSA) is 37.3 Å². The van der Waals surface area contributed by atoms with Gasteiger partial charge in [0.15, 0.2) is 0 Å². The molecule has 0 heterocycles. The van der Waals surface area contributed by atoms with E-state index in [0.717, 1.165) is 12.8 Å². The van der Waals surface area contributed by atoms with Crippen molar-refractivity contribution in [2.24, 2.45) is 0 Å². The van der Waals surface area contributed by atoms with E-state index in [4.69, 9.17) is 11.5 Å². The summed E-state index contributed by atoms with van der Waals surface area (Å²) in [5, 5.41) is 8.70. The van der Waals surface area contributed by atoms with E-state index in [-0.39, 0.29) is 0 Å². The molecule has 13 heavy (non-hydrogen) atoms. The molecule has 0 atom stereocenters.